The molecule has 0 radical (unpaired) electrons. The number of carbonyl (C=O) groups is 4. The van der Waals surface area contributed by atoms with Crippen molar-refractivity contribution in [2.24, 2.45) is 0 Å². The van der Waals surface area contributed by atoms with Crippen molar-refractivity contribution in [3.8, 4) is 0 Å². The predicted octanol–water partition coefficient (Wildman–Crippen LogP) is 2.85. The third-order valence-electron chi connectivity index (χ3n) is 5.30. The van der Waals surface area contributed by atoms with E-state index in [4.69, 9.17) is 0 Å². The highest BCUT2D eigenvalue weighted by Gasteiger charge is 2.45. The summed E-state index contributed by atoms with van der Waals surface area (Å²) in [5.74, 6) is -3.83. The molecule has 1 aliphatic rings. The van der Waals surface area contributed by atoms with E-state index < -0.39 is 46.8 Å². The number of halogens is 1. The first-order chi connectivity index (χ1) is 16.8. The molecule has 1 atom stereocenters. The van der Waals surface area contributed by atoms with E-state index in [0.717, 1.165) is 34.2 Å². The number of benzene rings is 3. The van der Waals surface area contributed by atoms with Crippen LogP contribution in [0.15, 0.2) is 78.9 Å². The summed E-state index contributed by atoms with van der Waals surface area (Å²) in [7, 11) is 0. The highest BCUT2D eigenvalue weighted by molar-refractivity contribution is 6.23. The Hall–Kier alpha value is -4.93. The van der Waals surface area contributed by atoms with Gasteiger partial charge in [-0.3, -0.25) is 34.7 Å². The first-order valence-corrected chi connectivity index (χ1v) is 10.3. The smallest absolute Gasteiger partial charge is 0.273 e. The summed E-state index contributed by atoms with van der Waals surface area (Å²) < 4.78 is 13.8. The zero-order chi connectivity index (χ0) is 25.1. The fourth-order valence-electron chi connectivity index (χ4n) is 3.61. The average molecular weight is 476 g/mol. The first-order valence-electron chi connectivity index (χ1n) is 10.3. The van der Waals surface area contributed by atoms with Crippen molar-refractivity contribution in [1.29, 1.82) is 0 Å². The van der Waals surface area contributed by atoms with E-state index in [1.165, 1.54) is 36.4 Å². The molecular formula is C24H17FN4O6. The zero-order valence-corrected chi connectivity index (χ0v) is 18.0. The quantitative estimate of drug-likeness (QED) is 0.342. The lowest BCUT2D eigenvalue weighted by Crippen LogP contribution is -2.54. The molecule has 0 bridgehead atoms. The number of hydrogen-bond donors (Lipinski definition) is 1. The summed E-state index contributed by atoms with van der Waals surface area (Å²) >= 11 is 0. The number of imide groups is 1. The molecule has 11 heteroatoms. The van der Waals surface area contributed by atoms with Gasteiger partial charge in [0.05, 0.1) is 17.0 Å². The van der Waals surface area contributed by atoms with Crippen LogP contribution < -0.4 is 10.3 Å². The maximum Gasteiger partial charge on any atom is 0.273 e. The molecule has 1 fully saturated rings. The fourth-order valence-corrected chi connectivity index (χ4v) is 3.61. The van der Waals surface area contributed by atoms with E-state index in [-0.39, 0.29) is 22.5 Å². The molecule has 10 nitrogen and oxygen atoms in total. The highest BCUT2D eigenvalue weighted by atomic mass is 19.1. The number of hydrazine groups is 1. The van der Waals surface area contributed by atoms with Gasteiger partial charge in [-0.25, -0.2) is 14.3 Å². The van der Waals surface area contributed by atoms with Gasteiger partial charge in [0.15, 0.2) is 0 Å². The number of hydrogen-bond acceptors (Lipinski definition) is 6. The number of anilines is 1. The Bertz CT molecular complexity index is 1330. The van der Waals surface area contributed by atoms with Crippen molar-refractivity contribution in [2.45, 2.75) is 12.5 Å². The van der Waals surface area contributed by atoms with Crippen molar-refractivity contribution >= 4 is 35.0 Å². The number of nitrogens with zero attached hydrogens (tertiary/aromatic N) is 3. The van der Waals surface area contributed by atoms with Gasteiger partial charge in [-0.2, -0.15) is 0 Å². The lowest BCUT2D eigenvalue weighted by Gasteiger charge is -2.28. The van der Waals surface area contributed by atoms with Crippen LogP contribution in [0.3, 0.4) is 0 Å². The molecule has 1 N–H and O–H groups in total. The largest absolute Gasteiger partial charge is 0.274 e. The number of nitro groups is 1. The second kappa shape index (κ2) is 9.51. The molecular weight excluding hydrogens is 459 g/mol. The normalized spacial score (nSPS) is 15.1. The third kappa shape index (κ3) is 4.74. The van der Waals surface area contributed by atoms with Gasteiger partial charge in [-0.15, -0.1) is 0 Å². The van der Waals surface area contributed by atoms with Gasteiger partial charge in [-0.1, -0.05) is 24.3 Å². The Morgan fingerprint density at radius 2 is 1.63 bits per heavy atom. The van der Waals surface area contributed by atoms with Crippen molar-refractivity contribution in [3.63, 3.8) is 0 Å². The van der Waals surface area contributed by atoms with Crippen LogP contribution in [0, 0.1) is 15.9 Å². The van der Waals surface area contributed by atoms with Gasteiger partial charge in [-0.05, 0) is 42.5 Å². The Morgan fingerprint density at radius 1 is 0.971 bits per heavy atom. The Labute approximate surface area is 197 Å². The summed E-state index contributed by atoms with van der Waals surface area (Å²) in [5, 5.41) is 11.6. The van der Waals surface area contributed by atoms with Crippen molar-refractivity contribution < 1.29 is 28.5 Å². The van der Waals surface area contributed by atoms with Gasteiger partial charge in [0.2, 0.25) is 5.91 Å². The maximum absolute atomic E-state index is 13.8. The molecule has 3 aromatic carbocycles. The maximum atomic E-state index is 13.8. The number of amides is 4. The van der Waals surface area contributed by atoms with Crippen LogP contribution in [-0.2, 0) is 9.59 Å². The van der Waals surface area contributed by atoms with Crippen LogP contribution in [0.2, 0.25) is 0 Å². The predicted molar refractivity (Wildman–Crippen MR) is 120 cm³/mol. The summed E-state index contributed by atoms with van der Waals surface area (Å²) in [6.07, 6.45) is -0.466. The molecule has 4 amide bonds. The fraction of sp³-hybridized carbons (Fsp3) is 0.0833. The number of nitro benzene ring substituents is 1. The highest BCUT2D eigenvalue weighted by Crippen LogP contribution is 2.28. The molecule has 1 aliphatic heterocycles. The molecule has 0 aromatic heterocycles. The Kier molecular flexibility index (Phi) is 6.32. The second-order valence-electron chi connectivity index (χ2n) is 7.55. The molecule has 4 rings (SSSR count). The number of carbonyl (C=O) groups excluding carboxylic acids is 4. The van der Waals surface area contributed by atoms with Crippen molar-refractivity contribution in [3.05, 3.63) is 106 Å². The van der Waals surface area contributed by atoms with E-state index in [1.807, 2.05) is 0 Å². The average Bonchev–Trinajstić information content (AvgIpc) is 3.15. The van der Waals surface area contributed by atoms with Crippen molar-refractivity contribution in [2.75, 3.05) is 4.90 Å². The third-order valence-corrected chi connectivity index (χ3v) is 5.30. The SMILES string of the molecule is O=C(NN(C(=O)c1cccc(F)c1)C1CC(=O)N(c2ccc([N+](=O)[O-])cc2)C1=O)c1ccccc1. The van der Waals surface area contributed by atoms with E-state index in [9.17, 15) is 33.7 Å². The van der Waals surface area contributed by atoms with Gasteiger partial charge in [0, 0.05) is 23.3 Å². The van der Waals surface area contributed by atoms with E-state index in [0.29, 0.717) is 0 Å². The topological polar surface area (TPSA) is 130 Å². The molecule has 0 aliphatic carbocycles. The lowest BCUT2D eigenvalue weighted by molar-refractivity contribution is -0.384. The van der Waals surface area contributed by atoms with Gasteiger partial charge >= 0.3 is 0 Å². The second-order valence-corrected chi connectivity index (χ2v) is 7.55. The zero-order valence-electron chi connectivity index (χ0n) is 18.0. The minimum Gasteiger partial charge on any atom is -0.274 e. The van der Waals surface area contributed by atoms with E-state index in [1.54, 1.807) is 18.2 Å². The molecule has 0 spiro atoms. The Balaban J connectivity index is 1.67. The van der Waals surface area contributed by atoms with E-state index in [2.05, 4.69) is 5.43 Å². The first kappa shape index (κ1) is 23.2. The van der Waals surface area contributed by atoms with E-state index >= 15 is 0 Å². The van der Waals surface area contributed by atoms with Crippen LogP contribution in [0.1, 0.15) is 27.1 Å². The van der Waals surface area contributed by atoms with Crippen LogP contribution in [-0.4, -0.2) is 39.6 Å². The molecule has 1 heterocycles. The monoisotopic (exact) mass is 476 g/mol. The number of non-ortho nitro benzene ring substituents is 1. The number of rotatable bonds is 5. The molecule has 1 saturated heterocycles. The summed E-state index contributed by atoms with van der Waals surface area (Å²) in [4.78, 5) is 63.1. The lowest BCUT2D eigenvalue weighted by atomic mass is 10.1. The standard InChI is InChI=1S/C24H17FN4O6/c25-17-8-4-7-16(13-17)23(32)28(26-22(31)15-5-2-1-3-6-15)20-14-21(30)27(24(20)33)18-9-11-19(12-10-18)29(34)35/h1-13,20H,14H2,(H,26,31). The van der Waals surface area contributed by atoms with Crippen LogP contribution in [0.5, 0.6) is 0 Å². The summed E-state index contributed by atoms with van der Waals surface area (Å²) in [6.45, 7) is 0. The summed E-state index contributed by atoms with van der Waals surface area (Å²) in [6, 6.07) is 15.9. The molecule has 0 saturated carbocycles. The van der Waals surface area contributed by atoms with Crippen LogP contribution >= 0.6 is 0 Å². The molecule has 35 heavy (non-hydrogen) atoms. The summed E-state index contributed by atoms with van der Waals surface area (Å²) in [5.41, 5.74) is 2.25. The van der Waals surface area contributed by atoms with Gasteiger partial charge in [0.25, 0.3) is 23.4 Å². The van der Waals surface area contributed by atoms with Gasteiger partial charge in [0.1, 0.15) is 11.9 Å². The Morgan fingerprint density at radius 3 is 2.26 bits per heavy atom. The minimum absolute atomic E-state index is 0.0700. The molecule has 176 valence electrons. The van der Waals surface area contributed by atoms with Crippen LogP contribution in [0.25, 0.3) is 0 Å². The minimum atomic E-state index is -1.43. The molecule has 1 unspecified atom stereocenters. The van der Waals surface area contributed by atoms with Gasteiger partial charge < -0.3 is 0 Å². The molecule has 3 aromatic rings. The number of nitrogens with one attached hydrogen (secondary N) is 1. The van der Waals surface area contributed by atoms with Crippen LogP contribution in [0.4, 0.5) is 15.8 Å². The van der Waals surface area contributed by atoms with Crippen molar-refractivity contribution in [1.82, 2.24) is 10.4 Å².